The number of sulfonamides is 1. The Bertz CT molecular complexity index is 724. The summed E-state index contributed by atoms with van der Waals surface area (Å²) in [6, 6.07) is 7.26. The Labute approximate surface area is 163 Å². The number of nitrogens with zero attached hydrogens (tertiary/aromatic N) is 2. The molecule has 0 aromatic heterocycles. The molecule has 1 heterocycles. The molecule has 2 N–H and O–H groups in total. The molecule has 27 heavy (non-hydrogen) atoms. The average molecular weight is 397 g/mol. The lowest BCUT2D eigenvalue weighted by molar-refractivity contribution is 0.229. The second-order valence-electron chi connectivity index (χ2n) is 7.76. The third-order valence-electron chi connectivity index (χ3n) is 4.50. The van der Waals surface area contributed by atoms with E-state index in [-0.39, 0.29) is 24.4 Å². The molecule has 1 aromatic carbocycles. The second kappa shape index (κ2) is 9.41. The Hall–Kier alpha value is -1.80. The first-order valence-electron chi connectivity index (χ1n) is 9.46. The molecule has 152 valence electrons. The molecule has 0 aliphatic carbocycles. The average Bonchev–Trinajstić information content (AvgIpc) is 2.98. The minimum Gasteiger partial charge on any atom is -0.337 e. The van der Waals surface area contributed by atoms with Gasteiger partial charge in [-0.3, -0.25) is 4.31 Å². The van der Waals surface area contributed by atoms with Crippen LogP contribution in [0, 0.1) is 5.92 Å². The number of carbonyl (C=O) groups excluding carboxylic acids is 1. The molecule has 2 rings (SSSR count). The zero-order valence-electron chi connectivity index (χ0n) is 16.7. The van der Waals surface area contributed by atoms with E-state index in [0.29, 0.717) is 12.5 Å². The summed E-state index contributed by atoms with van der Waals surface area (Å²) in [5.41, 5.74) is 1.80. The van der Waals surface area contributed by atoms with E-state index >= 15 is 0 Å². The van der Waals surface area contributed by atoms with Gasteiger partial charge in [-0.1, -0.05) is 32.0 Å². The van der Waals surface area contributed by atoms with Gasteiger partial charge in [-0.05, 0) is 44.5 Å². The molecule has 1 aliphatic heterocycles. The van der Waals surface area contributed by atoms with Crippen molar-refractivity contribution >= 4 is 21.7 Å². The van der Waals surface area contributed by atoms with Gasteiger partial charge in [-0.2, -0.15) is 0 Å². The van der Waals surface area contributed by atoms with Gasteiger partial charge in [0.05, 0.1) is 11.4 Å². The van der Waals surface area contributed by atoms with Crippen molar-refractivity contribution in [2.75, 3.05) is 43.8 Å². The first kappa shape index (κ1) is 21.5. The fourth-order valence-corrected chi connectivity index (χ4v) is 4.85. The number of para-hydroxylation sites is 1. The van der Waals surface area contributed by atoms with Crippen molar-refractivity contribution in [3.05, 3.63) is 29.8 Å². The Morgan fingerprint density at radius 1 is 1.26 bits per heavy atom. The molecule has 1 aliphatic rings. The molecule has 0 radical (unpaired) electrons. The Kier molecular flexibility index (Phi) is 7.49. The van der Waals surface area contributed by atoms with Crippen molar-refractivity contribution in [2.24, 2.45) is 5.92 Å². The Balaban J connectivity index is 1.85. The lowest BCUT2D eigenvalue weighted by atomic mass is 10.0. The van der Waals surface area contributed by atoms with Gasteiger partial charge >= 0.3 is 6.03 Å². The quantitative estimate of drug-likeness (QED) is 0.665. The highest BCUT2D eigenvalue weighted by molar-refractivity contribution is 7.92. The number of amides is 2. The number of hydrogen-bond donors (Lipinski definition) is 2. The molecular formula is C19H32N4O3S. The van der Waals surface area contributed by atoms with E-state index in [9.17, 15) is 13.2 Å². The maximum atomic E-state index is 12.6. The van der Waals surface area contributed by atoms with Gasteiger partial charge in [0.1, 0.15) is 0 Å². The highest BCUT2D eigenvalue weighted by Gasteiger charge is 2.28. The number of urea groups is 1. The summed E-state index contributed by atoms with van der Waals surface area (Å²) >= 11 is 0. The van der Waals surface area contributed by atoms with Crippen molar-refractivity contribution in [3.63, 3.8) is 0 Å². The lowest BCUT2D eigenvalue weighted by Crippen LogP contribution is -2.48. The smallest absolute Gasteiger partial charge is 0.315 e. The zero-order chi connectivity index (χ0) is 20.0. The Morgan fingerprint density at radius 2 is 1.96 bits per heavy atom. The second-order valence-corrected chi connectivity index (χ2v) is 9.77. The summed E-state index contributed by atoms with van der Waals surface area (Å²) in [5.74, 6) is 0.350. The molecule has 7 nitrogen and oxygen atoms in total. The van der Waals surface area contributed by atoms with E-state index in [2.05, 4.69) is 24.5 Å². The molecule has 1 unspecified atom stereocenters. The van der Waals surface area contributed by atoms with Crippen molar-refractivity contribution in [3.8, 4) is 0 Å². The monoisotopic (exact) mass is 396 g/mol. The first-order chi connectivity index (χ1) is 12.7. The topological polar surface area (TPSA) is 81.8 Å². The van der Waals surface area contributed by atoms with Crippen LogP contribution in [-0.2, 0) is 16.4 Å². The van der Waals surface area contributed by atoms with Crippen LogP contribution in [0.5, 0.6) is 0 Å². The first-order valence-corrected chi connectivity index (χ1v) is 11.1. The van der Waals surface area contributed by atoms with Gasteiger partial charge in [0.25, 0.3) is 0 Å². The summed E-state index contributed by atoms with van der Waals surface area (Å²) in [6.07, 6.45) is 1.60. The van der Waals surface area contributed by atoms with Crippen LogP contribution >= 0.6 is 0 Å². The summed E-state index contributed by atoms with van der Waals surface area (Å²) < 4.78 is 26.7. The predicted molar refractivity (Wildman–Crippen MR) is 110 cm³/mol. The van der Waals surface area contributed by atoms with Gasteiger partial charge in [0.15, 0.2) is 0 Å². The minimum atomic E-state index is -3.45. The number of benzene rings is 1. The number of hydrogen-bond acceptors (Lipinski definition) is 4. The van der Waals surface area contributed by atoms with E-state index in [0.717, 1.165) is 30.6 Å². The maximum absolute atomic E-state index is 12.6. The predicted octanol–water partition coefficient (Wildman–Crippen LogP) is 1.65. The number of fused-ring (bicyclic) bond motifs is 1. The van der Waals surface area contributed by atoms with Crippen LogP contribution in [-0.4, -0.2) is 64.9 Å². The molecule has 8 heteroatoms. The molecule has 0 spiro atoms. The van der Waals surface area contributed by atoms with E-state index in [1.807, 2.05) is 43.3 Å². The molecule has 0 saturated carbocycles. The van der Waals surface area contributed by atoms with Gasteiger partial charge in [0.2, 0.25) is 10.0 Å². The van der Waals surface area contributed by atoms with Crippen LogP contribution in [0.3, 0.4) is 0 Å². The van der Waals surface area contributed by atoms with Crippen LogP contribution in [0.1, 0.15) is 25.8 Å². The number of rotatable bonds is 9. The maximum Gasteiger partial charge on any atom is 0.315 e. The molecule has 1 aromatic rings. The van der Waals surface area contributed by atoms with Gasteiger partial charge in [-0.15, -0.1) is 0 Å². The number of nitrogens with one attached hydrogen (secondary N) is 2. The zero-order valence-corrected chi connectivity index (χ0v) is 17.6. The van der Waals surface area contributed by atoms with Gasteiger partial charge in [0, 0.05) is 25.7 Å². The third kappa shape index (κ3) is 6.39. The third-order valence-corrected chi connectivity index (χ3v) is 6.27. The fourth-order valence-electron chi connectivity index (χ4n) is 3.43. The molecule has 1 atom stereocenters. The standard InChI is InChI=1S/C19H32N4O3S/c1-15(2)13-17(14-22(3)4)21-19(24)20-10-12-27(25,26)23-11-9-16-7-5-6-8-18(16)23/h5-8,15,17H,9-14H2,1-4H3,(H2,20,21,24). The van der Waals surface area contributed by atoms with Crippen molar-refractivity contribution < 1.29 is 13.2 Å². The van der Waals surface area contributed by atoms with E-state index in [4.69, 9.17) is 0 Å². The summed E-state index contributed by atoms with van der Waals surface area (Å²) in [6.45, 7) is 5.52. The SMILES string of the molecule is CC(C)CC(CN(C)C)NC(=O)NCCS(=O)(=O)N1CCc2ccccc21. The number of anilines is 1. The summed E-state index contributed by atoms with van der Waals surface area (Å²) in [7, 11) is 0.478. The molecule has 0 bridgehead atoms. The molecular weight excluding hydrogens is 364 g/mol. The van der Waals surface area contributed by atoms with Crippen molar-refractivity contribution in [1.29, 1.82) is 0 Å². The van der Waals surface area contributed by atoms with E-state index in [1.54, 1.807) is 0 Å². The highest BCUT2D eigenvalue weighted by Crippen LogP contribution is 2.29. The van der Waals surface area contributed by atoms with Gasteiger partial charge < -0.3 is 15.5 Å². The largest absolute Gasteiger partial charge is 0.337 e. The summed E-state index contributed by atoms with van der Waals surface area (Å²) in [4.78, 5) is 14.2. The van der Waals surface area contributed by atoms with Crippen molar-refractivity contribution in [2.45, 2.75) is 32.7 Å². The fraction of sp³-hybridized carbons (Fsp3) is 0.632. The molecule has 0 saturated heterocycles. The van der Waals surface area contributed by atoms with E-state index < -0.39 is 10.0 Å². The van der Waals surface area contributed by atoms with Crippen LogP contribution in [0.4, 0.5) is 10.5 Å². The molecule has 0 fully saturated rings. The van der Waals surface area contributed by atoms with E-state index in [1.165, 1.54) is 4.31 Å². The minimum absolute atomic E-state index is 0.0297. The highest BCUT2D eigenvalue weighted by atomic mass is 32.2. The lowest BCUT2D eigenvalue weighted by Gasteiger charge is -2.24. The summed E-state index contributed by atoms with van der Waals surface area (Å²) in [5, 5.41) is 5.64. The normalized spacial score (nSPS) is 15.1. The van der Waals surface area contributed by atoms with Gasteiger partial charge in [-0.25, -0.2) is 13.2 Å². The van der Waals surface area contributed by atoms with Crippen LogP contribution in [0.15, 0.2) is 24.3 Å². The number of carbonyl (C=O) groups is 1. The number of likely N-dealkylation sites (N-methyl/N-ethyl adjacent to an activating group) is 1. The van der Waals surface area contributed by atoms with Crippen LogP contribution in [0.2, 0.25) is 0 Å². The van der Waals surface area contributed by atoms with Crippen LogP contribution in [0.25, 0.3) is 0 Å². The van der Waals surface area contributed by atoms with Crippen molar-refractivity contribution in [1.82, 2.24) is 15.5 Å². The Morgan fingerprint density at radius 3 is 2.63 bits per heavy atom. The van der Waals surface area contributed by atoms with Crippen LogP contribution < -0.4 is 14.9 Å². The molecule has 2 amide bonds.